The number of hydrogen-bond acceptors (Lipinski definition) is 4. The second-order valence-electron chi connectivity index (χ2n) is 6.92. The fraction of sp³-hybridized carbons (Fsp3) is 0.471. The molecule has 0 saturated heterocycles. The Kier molecular flexibility index (Phi) is 3.44. The summed E-state index contributed by atoms with van der Waals surface area (Å²) in [5.74, 6) is 1.39. The molecular weight excluding hydrogens is 308 g/mol. The van der Waals surface area contributed by atoms with Crippen LogP contribution in [0.15, 0.2) is 29.4 Å². The number of amides is 1. The normalized spacial score (nSPS) is 18.2. The fourth-order valence-electron chi connectivity index (χ4n) is 3.15. The molecule has 1 aromatic heterocycles. The van der Waals surface area contributed by atoms with Gasteiger partial charge in [0.25, 0.3) is 0 Å². The minimum Gasteiger partial charge on any atom is -0.353 e. The molecule has 0 radical (unpaired) electrons. The average Bonchev–Trinajstić information content (AvgIpc) is 3.20. The summed E-state index contributed by atoms with van der Waals surface area (Å²) < 4.78 is 2.18. The first kappa shape index (κ1) is 14.8. The molecular formula is C17H20N4OS. The highest BCUT2D eigenvalue weighted by Crippen LogP contribution is 2.39. The molecule has 0 unspecified atom stereocenters. The summed E-state index contributed by atoms with van der Waals surface area (Å²) in [5.41, 5.74) is 2.36. The Balaban J connectivity index is 1.61. The number of carbonyl (C=O) groups is 1. The Morgan fingerprint density at radius 1 is 1.35 bits per heavy atom. The van der Waals surface area contributed by atoms with Crippen LogP contribution in [0.3, 0.4) is 0 Å². The highest BCUT2D eigenvalue weighted by molar-refractivity contribution is 7.99. The molecule has 1 N–H and O–H groups in total. The number of nitrogens with one attached hydrogen (secondary N) is 1. The lowest BCUT2D eigenvalue weighted by molar-refractivity contribution is -0.118. The number of benzene rings is 1. The molecule has 2 heterocycles. The monoisotopic (exact) mass is 328 g/mol. The summed E-state index contributed by atoms with van der Waals surface area (Å²) in [4.78, 5) is 11.9. The largest absolute Gasteiger partial charge is 0.353 e. The van der Waals surface area contributed by atoms with Crippen LogP contribution in [-0.2, 0) is 16.8 Å². The standard InChI is InChI=1S/C17H20N4OS/c1-17(2)9-11-5-3-4-6-13(11)15-19-20-16(21(15)17)23-10-14(22)18-12-7-8-12/h3-6,12H,7-10H2,1-2H3,(H,18,22). The fourth-order valence-corrected chi connectivity index (χ4v) is 4.05. The van der Waals surface area contributed by atoms with Crippen LogP contribution in [0.4, 0.5) is 0 Å². The van der Waals surface area contributed by atoms with Crippen molar-refractivity contribution in [1.29, 1.82) is 0 Å². The molecule has 4 rings (SSSR count). The molecule has 0 bridgehead atoms. The van der Waals surface area contributed by atoms with Gasteiger partial charge < -0.3 is 5.32 Å². The lowest BCUT2D eigenvalue weighted by Gasteiger charge is -2.34. The van der Waals surface area contributed by atoms with E-state index < -0.39 is 0 Å². The molecule has 120 valence electrons. The first-order valence-corrected chi connectivity index (χ1v) is 8.99. The van der Waals surface area contributed by atoms with Crippen molar-refractivity contribution in [2.24, 2.45) is 0 Å². The molecule has 1 saturated carbocycles. The van der Waals surface area contributed by atoms with Gasteiger partial charge in [0.15, 0.2) is 11.0 Å². The second kappa shape index (κ2) is 5.37. The van der Waals surface area contributed by atoms with E-state index in [9.17, 15) is 4.79 Å². The van der Waals surface area contributed by atoms with E-state index in [-0.39, 0.29) is 11.4 Å². The van der Waals surface area contributed by atoms with Crippen molar-refractivity contribution in [2.45, 2.75) is 49.8 Å². The lowest BCUT2D eigenvalue weighted by Crippen LogP contribution is -2.34. The van der Waals surface area contributed by atoms with Crippen LogP contribution >= 0.6 is 11.8 Å². The van der Waals surface area contributed by atoms with Crippen LogP contribution in [0.1, 0.15) is 32.3 Å². The first-order chi connectivity index (χ1) is 11.0. The zero-order valence-corrected chi connectivity index (χ0v) is 14.2. The Morgan fingerprint density at radius 3 is 2.91 bits per heavy atom. The first-order valence-electron chi connectivity index (χ1n) is 8.01. The number of fused-ring (bicyclic) bond motifs is 3. The van der Waals surface area contributed by atoms with Crippen molar-refractivity contribution >= 4 is 17.7 Å². The van der Waals surface area contributed by atoms with E-state index >= 15 is 0 Å². The van der Waals surface area contributed by atoms with Crippen molar-refractivity contribution in [3.05, 3.63) is 29.8 Å². The molecule has 0 atom stereocenters. The molecule has 5 nitrogen and oxygen atoms in total. The molecule has 1 aliphatic heterocycles. The molecule has 6 heteroatoms. The van der Waals surface area contributed by atoms with Gasteiger partial charge in [-0.2, -0.15) is 0 Å². The Bertz CT molecular complexity index is 764. The van der Waals surface area contributed by atoms with Crippen LogP contribution in [0.5, 0.6) is 0 Å². The van der Waals surface area contributed by atoms with Gasteiger partial charge >= 0.3 is 0 Å². The van der Waals surface area contributed by atoms with Crippen molar-refractivity contribution < 1.29 is 4.79 Å². The molecule has 0 spiro atoms. The van der Waals surface area contributed by atoms with E-state index in [0.29, 0.717) is 11.8 Å². The second-order valence-corrected chi connectivity index (χ2v) is 7.86. The van der Waals surface area contributed by atoms with Gasteiger partial charge in [-0.15, -0.1) is 10.2 Å². The smallest absolute Gasteiger partial charge is 0.230 e. The third-order valence-electron chi connectivity index (χ3n) is 4.39. The van der Waals surface area contributed by atoms with Crippen LogP contribution in [0.25, 0.3) is 11.4 Å². The van der Waals surface area contributed by atoms with Crippen molar-refractivity contribution in [3.8, 4) is 11.4 Å². The Labute approximate surface area is 139 Å². The van der Waals surface area contributed by atoms with Crippen LogP contribution < -0.4 is 5.32 Å². The summed E-state index contributed by atoms with van der Waals surface area (Å²) in [6.45, 7) is 4.40. The number of aromatic nitrogens is 3. The maximum absolute atomic E-state index is 11.9. The average molecular weight is 328 g/mol. The number of carbonyl (C=O) groups excluding carboxylic acids is 1. The van der Waals surface area contributed by atoms with E-state index in [1.807, 2.05) is 6.07 Å². The summed E-state index contributed by atoms with van der Waals surface area (Å²) in [7, 11) is 0. The number of rotatable bonds is 4. The Morgan fingerprint density at radius 2 is 2.13 bits per heavy atom. The van der Waals surface area contributed by atoms with E-state index in [2.05, 4.69) is 52.1 Å². The molecule has 1 amide bonds. The minimum absolute atomic E-state index is 0.0869. The third-order valence-corrected chi connectivity index (χ3v) is 5.32. The van der Waals surface area contributed by atoms with Crippen molar-refractivity contribution in [3.63, 3.8) is 0 Å². The zero-order chi connectivity index (χ0) is 16.0. The Hall–Kier alpha value is -1.82. The summed E-state index contributed by atoms with van der Waals surface area (Å²) >= 11 is 1.47. The minimum atomic E-state index is -0.0948. The molecule has 1 fully saturated rings. The highest BCUT2D eigenvalue weighted by Gasteiger charge is 2.34. The predicted molar refractivity (Wildman–Crippen MR) is 90.4 cm³/mol. The summed E-state index contributed by atoms with van der Waals surface area (Å²) in [6, 6.07) is 8.76. The van der Waals surface area contributed by atoms with Crippen molar-refractivity contribution in [2.75, 3.05) is 5.75 Å². The topological polar surface area (TPSA) is 59.8 Å². The van der Waals surface area contributed by atoms with Gasteiger partial charge in [0.2, 0.25) is 5.91 Å². The maximum atomic E-state index is 11.9. The molecule has 1 aromatic carbocycles. The van der Waals surface area contributed by atoms with Gasteiger partial charge in [-0.1, -0.05) is 36.0 Å². The molecule has 1 aliphatic carbocycles. The van der Waals surface area contributed by atoms with E-state index in [1.165, 1.54) is 17.3 Å². The van der Waals surface area contributed by atoms with E-state index in [0.717, 1.165) is 35.8 Å². The highest BCUT2D eigenvalue weighted by atomic mass is 32.2. The summed E-state index contributed by atoms with van der Waals surface area (Å²) in [5, 5.41) is 12.6. The maximum Gasteiger partial charge on any atom is 0.230 e. The SMILES string of the molecule is CC1(C)Cc2ccccc2-c2nnc(SCC(=O)NC3CC3)n21. The van der Waals surface area contributed by atoms with Gasteiger partial charge in [0.05, 0.1) is 5.75 Å². The predicted octanol–water partition coefficient (Wildman–Crippen LogP) is 2.61. The van der Waals surface area contributed by atoms with Crippen molar-refractivity contribution in [1.82, 2.24) is 20.1 Å². The van der Waals surface area contributed by atoms with Gasteiger partial charge in [-0.25, -0.2) is 0 Å². The number of thioether (sulfide) groups is 1. The van der Waals surface area contributed by atoms with Gasteiger partial charge in [-0.05, 0) is 38.7 Å². The number of nitrogens with zero attached hydrogens (tertiary/aromatic N) is 3. The lowest BCUT2D eigenvalue weighted by atomic mass is 9.87. The van der Waals surface area contributed by atoms with E-state index in [4.69, 9.17) is 0 Å². The zero-order valence-electron chi connectivity index (χ0n) is 13.4. The number of hydrogen-bond donors (Lipinski definition) is 1. The van der Waals surface area contributed by atoms with E-state index in [1.54, 1.807) is 0 Å². The van der Waals surface area contributed by atoms with Crippen LogP contribution in [0.2, 0.25) is 0 Å². The molecule has 23 heavy (non-hydrogen) atoms. The van der Waals surface area contributed by atoms with Gasteiger partial charge in [0, 0.05) is 17.1 Å². The molecule has 2 aromatic rings. The third kappa shape index (κ3) is 2.76. The van der Waals surface area contributed by atoms with Crippen LogP contribution in [-0.4, -0.2) is 32.5 Å². The van der Waals surface area contributed by atoms with Gasteiger partial charge in [-0.3, -0.25) is 9.36 Å². The molecule has 2 aliphatic rings. The van der Waals surface area contributed by atoms with Gasteiger partial charge in [0.1, 0.15) is 0 Å². The quantitative estimate of drug-likeness (QED) is 0.877. The summed E-state index contributed by atoms with van der Waals surface area (Å²) in [6.07, 6.45) is 3.16. The van der Waals surface area contributed by atoms with Crippen LogP contribution in [0, 0.1) is 0 Å².